The van der Waals surface area contributed by atoms with E-state index in [1.165, 1.54) is 13.2 Å². The van der Waals surface area contributed by atoms with E-state index < -0.39 is 5.97 Å². The molecule has 3 nitrogen and oxygen atoms in total. The number of rotatable bonds is 1. The predicted molar refractivity (Wildman–Crippen MR) is 47.1 cm³/mol. The van der Waals surface area contributed by atoms with E-state index in [2.05, 4.69) is 20.7 Å². The van der Waals surface area contributed by atoms with Crippen LogP contribution < -0.4 is 0 Å². The molecule has 1 aromatic carbocycles. The zero-order chi connectivity index (χ0) is 9.14. The van der Waals surface area contributed by atoms with Gasteiger partial charge in [0.05, 0.1) is 11.6 Å². The Morgan fingerprint density at radius 2 is 2.25 bits per heavy atom. The smallest absolute Gasteiger partial charge is 0.341 e. The summed E-state index contributed by atoms with van der Waals surface area (Å²) in [7, 11) is 1.27. The van der Waals surface area contributed by atoms with Gasteiger partial charge in [-0.15, -0.1) is 0 Å². The molecule has 64 valence electrons. The molecule has 1 N–H and O–H groups in total. The summed E-state index contributed by atoms with van der Waals surface area (Å²) < 4.78 is 4.93. The summed E-state index contributed by atoms with van der Waals surface area (Å²) in [5.41, 5.74) is 0.159. The number of carbonyl (C=O) groups excluding carboxylic acids is 1. The molecule has 0 aliphatic heterocycles. The number of ether oxygens (including phenoxy) is 1. The van der Waals surface area contributed by atoms with Crippen molar-refractivity contribution in [2.75, 3.05) is 7.11 Å². The summed E-state index contributed by atoms with van der Waals surface area (Å²) >= 11 is 3.09. The van der Waals surface area contributed by atoms with E-state index in [-0.39, 0.29) is 11.3 Å². The van der Waals surface area contributed by atoms with Crippen LogP contribution in [0.5, 0.6) is 5.75 Å². The normalized spacial score (nSPS) is 9.50. The molecule has 0 fully saturated rings. The molecule has 0 radical (unpaired) electrons. The molecule has 12 heavy (non-hydrogen) atoms. The highest BCUT2D eigenvalue weighted by atomic mass is 79.9. The zero-order valence-corrected chi connectivity index (χ0v) is 7.96. The van der Waals surface area contributed by atoms with Crippen LogP contribution in [-0.4, -0.2) is 18.2 Å². The topological polar surface area (TPSA) is 46.5 Å². The quantitative estimate of drug-likeness (QED) is 0.751. The summed E-state index contributed by atoms with van der Waals surface area (Å²) in [4.78, 5) is 11.0. The fourth-order valence-electron chi connectivity index (χ4n) is 0.790. The third-order valence-electron chi connectivity index (χ3n) is 1.39. The van der Waals surface area contributed by atoms with Gasteiger partial charge < -0.3 is 9.84 Å². The average molecular weight is 231 g/mol. The molecule has 0 atom stereocenters. The second-order valence-corrected chi connectivity index (χ2v) is 2.98. The van der Waals surface area contributed by atoms with Crippen molar-refractivity contribution in [3.8, 4) is 5.75 Å². The van der Waals surface area contributed by atoms with Crippen LogP contribution in [0.25, 0.3) is 0 Å². The van der Waals surface area contributed by atoms with Gasteiger partial charge in [-0.2, -0.15) is 0 Å². The average Bonchev–Trinajstić information content (AvgIpc) is 2.08. The lowest BCUT2D eigenvalue weighted by molar-refractivity contribution is 0.0597. The molecule has 0 saturated heterocycles. The molecule has 0 bridgehead atoms. The number of hydrogen-bond donors (Lipinski definition) is 1. The van der Waals surface area contributed by atoms with E-state index in [0.717, 1.165) is 0 Å². The van der Waals surface area contributed by atoms with E-state index in [9.17, 15) is 9.90 Å². The van der Waals surface area contributed by atoms with Gasteiger partial charge in [-0.1, -0.05) is 6.07 Å². The Morgan fingerprint density at radius 3 is 2.83 bits per heavy atom. The first-order valence-corrected chi connectivity index (χ1v) is 4.02. The lowest BCUT2D eigenvalue weighted by Gasteiger charge is -2.02. The minimum atomic E-state index is -0.547. The van der Waals surface area contributed by atoms with Crippen LogP contribution in [0.15, 0.2) is 22.7 Å². The number of esters is 1. The highest BCUT2D eigenvalue weighted by Crippen LogP contribution is 2.27. The van der Waals surface area contributed by atoms with Crippen LogP contribution in [0.3, 0.4) is 0 Å². The largest absolute Gasteiger partial charge is 0.506 e. The van der Waals surface area contributed by atoms with E-state index in [4.69, 9.17) is 0 Å². The number of aromatic hydroxyl groups is 1. The molecule has 4 heteroatoms. The van der Waals surface area contributed by atoms with Crippen molar-refractivity contribution in [2.45, 2.75) is 0 Å². The van der Waals surface area contributed by atoms with Crippen LogP contribution in [0, 0.1) is 0 Å². The second kappa shape index (κ2) is 3.58. The van der Waals surface area contributed by atoms with Gasteiger partial charge in [-0.25, -0.2) is 4.79 Å². The molecule has 0 unspecified atom stereocenters. The number of halogens is 1. The summed E-state index contributed by atoms with van der Waals surface area (Å²) in [5, 5.41) is 9.35. The van der Waals surface area contributed by atoms with Gasteiger partial charge >= 0.3 is 5.97 Å². The van der Waals surface area contributed by atoms with Crippen molar-refractivity contribution in [3.05, 3.63) is 28.2 Å². The third-order valence-corrected chi connectivity index (χ3v) is 2.03. The van der Waals surface area contributed by atoms with Crippen molar-refractivity contribution in [1.29, 1.82) is 0 Å². The van der Waals surface area contributed by atoms with Crippen molar-refractivity contribution in [2.24, 2.45) is 0 Å². The van der Waals surface area contributed by atoms with Gasteiger partial charge in [0.1, 0.15) is 11.3 Å². The molecular weight excluding hydrogens is 224 g/mol. The van der Waals surface area contributed by atoms with Gasteiger partial charge in [0.25, 0.3) is 0 Å². The Labute approximate surface area is 78.1 Å². The van der Waals surface area contributed by atoms with Crippen molar-refractivity contribution in [1.82, 2.24) is 0 Å². The fraction of sp³-hybridized carbons (Fsp3) is 0.125. The third kappa shape index (κ3) is 1.58. The molecule has 0 spiro atoms. The molecule has 0 saturated carbocycles. The van der Waals surface area contributed by atoms with Crippen molar-refractivity contribution in [3.63, 3.8) is 0 Å². The Kier molecular flexibility index (Phi) is 2.70. The highest BCUT2D eigenvalue weighted by molar-refractivity contribution is 9.10. The first kappa shape index (κ1) is 9.06. The molecule has 0 amide bonds. The Morgan fingerprint density at radius 1 is 1.58 bits per heavy atom. The minimum Gasteiger partial charge on any atom is -0.506 e. The number of carbonyl (C=O) groups is 1. The number of phenols is 1. The molecule has 0 heterocycles. The van der Waals surface area contributed by atoms with Gasteiger partial charge in [0.2, 0.25) is 0 Å². The molecule has 0 aromatic heterocycles. The van der Waals surface area contributed by atoms with Gasteiger partial charge in [0.15, 0.2) is 0 Å². The summed E-state index contributed by atoms with van der Waals surface area (Å²) in [6, 6.07) is 4.78. The zero-order valence-electron chi connectivity index (χ0n) is 6.37. The molecule has 0 aliphatic rings. The maximum Gasteiger partial charge on any atom is 0.341 e. The summed E-state index contributed by atoms with van der Waals surface area (Å²) in [6.45, 7) is 0. The van der Waals surface area contributed by atoms with E-state index >= 15 is 0 Å². The highest BCUT2D eigenvalue weighted by Gasteiger charge is 2.12. The van der Waals surface area contributed by atoms with Crippen molar-refractivity contribution >= 4 is 21.9 Å². The van der Waals surface area contributed by atoms with E-state index in [0.29, 0.717) is 4.47 Å². The molecule has 1 aromatic rings. The summed E-state index contributed by atoms with van der Waals surface area (Å²) in [5.74, 6) is -0.641. The van der Waals surface area contributed by atoms with Crippen LogP contribution in [-0.2, 0) is 4.74 Å². The second-order valence-electron chi connectivity index (χ2n) is 2.13. The fourth-order valence-corrected chi connectivity index (χ4v) is 1.16. The Hall–Kier alpha value is -1.03. The monoisotopic (exact) mass is 230 g/mol. The van der Waals surface area contributed by atoms with Gasteiger partial charge in [0, 0.05) is 0 Å². The van der Waals surface area contributed by atoms with Crippen LogP contribution in [0.2, 0.25) is 0 Å². The van der Waals surface area contributed by atoms with Crippen LogP contribution >= 0.6 is 15.9 Å². The van der Waals surface area contributed by atoms with Gasteiger partial charge in [-0.3, -0.25) is 0 Å². The number of benzene rings is 1. The maximum atomic E-state index is 11.0. The number of phenolic OH excluding ortho intramolecular Hbond substituents is 1. The Bertz CT molecular complexity index is 309. The number of methoxy groups -OCH3 is 1. The van der Waals surface area contributed by atoms with E-state index in [1.807, 2.05) is 0 Å². The number of para-hydroxylation sites is 1. The lowest BCUT2D eigenvalue weighted by atomic mass is 10.2. The molecule has 0 aliphatic carbocycles. The van der Waals surface area contributed by atoms with Crippen LogP contribution in [0.1, 0.15) is 10.4 Å². The predicted octanol–water partition coefficient (Wildman–Crippen LogP) is 1.94. The molecule has 1 rings (SSSR count). The first-order valence-electron chi connectivity index (χ1n) is 3.22. The standard InChI is InChI=1S/C8H7BrO3/c1-12-8(11)5-3-2-4-6(9)7(5)10/h2-4,10H,1H3. The summed E-state index contributed by atoms with van der Waals surface area (Å²) in [6.07, 6.45) is 0. The van der Waals surface area contributed by atoms with Crippen molar-refractivity contribution < 1.29 is 14.6 Å². The first-order chi connectivity index (χ1) is 5.66. The van der Waals surface area contributed by atoms with Gasteiger partial charge in [-0.05, 0) is 28.1 Å². The van der Waals surface area contributed by atoms with Crippen LogP contribution in [0.4, 0.5) is 0 Å². The minimum absolute atomic E-state index is 0.0932. The van der Waals surface area contributed by atoms with E-state index in [1.54, 1.807) is 12.1 Å². The maximum absolute atomic E-state index is 11.0. The SMILES string of the molecule is COC(=O)c1cccc(Br)c1O. The molecular formula is C8H7BrO3. The number of hydrogen-bond acceptors (Lipinski definition) is 3. The Balaban J connectivity index is 3.16. The lowest BCUT2D eigenvalue weighted by Crippen LogP contribution is -2.01.